The molecule has 0 fully saturated rings. The molecule has 6 nitrogen and oxygen atoms in total. The number of carboxylic acid groups (broad SMARTS) is 1. The Morgan fingerprint density at radius 1 is 1.35 bits per heavy atom. The van der Waals surface area contributed by atoms with Crippen molar-refractivity contribution >= 4 is 26.8 Å². The number of rotatable bonds is 7. The van der Waals surface area contributed by atoms with Crippen molar-refractivity contribution in [2.24, 2.45) is 0 Å². The first-order valence-electron chi connectivity index (χ1n) is 6.75. The number of benzene rings is 2. The van der Waals surface area contributed by atoms with Crippen LogP contribution >= 0.6 is 0 Å². The van der Waals surface area contributed by atoms with Crippen LogP contribution in [0.15, 0.2) is 41.3 Å². The number of hydrogen-bond donors (Lipinski definition) is 2. The maximum atomic E-state index is 14.1. The first-order valence-corrected chi connectivity index (χ1v) is 8.23. The van der Waals surface area contributed by atoms with Crippen LogP contribution in [0.2, 0.25) is 0 Å². The van der Waals surface area contributed by atoms with Gasteiger partial charge in [0.2, 0.25) is 10.0 Å². The number of carboxylic acids is 1. The van der Waals surface area contributed by atoms with Gasteiger partial charge < -0.3 is 9.84 Å². The number of ether oxygens (including phenoxy) is 1. The van der Waals surface area contributed by atoms with Crippen LogP contribution in [0.3, 0.4) is 0 Å². The number of carbonyl (C=O) groups is 1. The summed E-state index contributed by atoms with van der Waals surface area (Å²) < 4.78 is 45.8. The van der Waals surface area contributed by atoms with Crippen molar-refractivity contribution in [2.75, 3.05) is 13.7 Å². The molecule has 0 aliphatic heterocycles. The molecule has 0 heterocycles. The van der Waals surface area contributed by atoms with E-state index in [2.05, 4.69) is 4.72 Å². The molecule has 2 aromatic carbocycles. The first-order chi connectivity index (χ1) is 10.8. The van der Waals surface area contributed by atoms with Gasteiger partial charge in [0, 0.05) is 12.5 Å². The lowest BCUT2D eigenvalue weighted by Crippen LogP contribution is -2.39. The molecule has 2 rings (SSSR count). The lowest BCUT2D eigenvalue weighted by atomic mass is 10.1. The number of sulfonamides is 1. The SMILES string of the molecule is COC[C@@H](CC(=O)O)NS(=O)(=O)c1cc(F)c2ccccc2c1. The maximum Gasteiger partial charge on any atom is 0.305 e. The molecule has 0 radical (unpaired) electrons. The maximum absolute atomic E-state index is 14.1. The van der Waals surface area contributed by atoms with Gasteiger partial charge in [0.25, 0.3) is 0 Å². The molecule has 124 valence electrons. The zero-order valence-electron chi connectivity index (χ0n) is 12.3. The van der Waals surface area contributed by atoms with Crippen molar-refractivity contribution in [3.8, 4) is 0 Å². The minimum atomic E-state index is -4.07. The lowest BCUT2D eigenvalue weighted by molar-refractivity contribution is -0.137. The molecule has 8 heteroatoms. The summed E-state index contributed by atoms with van der Waals surface area (Å²) in [6, 6.07) is 7.77. The Morgan fingerprint density at radius 3 is 2.70 bits per heavy atom. The lowest BCUT2D eigenvalue weighted by Gasteiger charge is -2.16. The van der Waals surface area contributed by atoms with Crippen molar-refractivity contribution in [2.45, 2.75) is 17.4 Å². The molecular formula is C15H16FNO5S. The third-order valence-electron chi connectivity index (χ3n) is 3.21. The summed E-state index contributed by atoms with van der Waals surface area (Å²) in [5, 5.41) is 9.56. The van der Waals surface area contributed by atoms with Crippen LogP contribution in [-0.2, 0) is 19.6 Å². The molecular weight excluding hydrogens is 325 g/mol. The smallest absolute Gasteiger partial charge is 0.305 e. The van der Waals surface area contributed by atoms with Crippen molar-refractivity contribution in [3.63, 3.8) is 0 Å². The van der Waals surface area contributed by atoms with Crippen molar-refractivity contribution in [1.82, 2.24) is 4.72 Å². The third kappa shape index (κ3) is 4.25. The molecule has 0 saturated heterocycles. The fourth-order valence-electron chi connectivity index (χ4n) is 2.23. The molecule has 2 aromatic rings. The molecule has 0 aromatic heterocycles. The topological polar surface area (TPSA) is 92.7 Å². The highest BCUT2D eigenvalue weighted by atomic mass is 32.2. The van der Waals surface area contributed by atoms with E-state index in [1.807, 2.05) is 0 Å². The second-order valence-electron chi connectivity index (χ2n) is 5.00. The summed E-state index contributed by atoms with van der Waals surface area (Å²) in [6.07, 6.45) is -0.441. The van der Waals surface area contributed by atoms with Gasteiger partial charge in [-0.2, -0.15) is 0 Å². The van der Waals surface area contributed by atoms with Crippen LogP contribution in [0.5, 0.6) is 0 Å². The summed E-state index contributed by atoms with van der Waals surface area (Å²) in [6.45, 7) is -0.110. The second kappa shape index (κ2) is 7.03. The fourth-order valence-corrected chi connectivity index (χ4v) is 3.49. The van der Waals surface area contributed by atoms with Crippen LogP contribution in [0.4, 0.5) is 4.39 Å². The van der Waals surface area contributed by atoms with Crippen molar-refractivity contribution in [3.05, 3.63) is 42.2 Å². The minimum absolute atomic E-state index is 0.110. The average molecular weight is 341 g/mol. The van der Waals surface area contributed by atoms with Gasteiger partial charge >= 0.3 is 5.97 Å². The zero-order chi connectivity index (χ0) is 17.0. The van der Waals surface area contributed by atoms with Crippen LogP contribution in [0, 0.1) is 5.82 Å². The van der Waals surface area contributed by atoms with Gasteiger partial charge in [-0.1, -0.05) is 24.3 Å². The summed E-state index contributed by atoms with van der Waals surface area (Å²) in [5.74, 6) is -1.83. The Kier molecular flexibility index (Phi) is 5.30. The Hall–Kier alpha value is -2.03. The van der Waals surface area contributed by atoms with Gasteiger partial charge in [-0.15, -0.1) is 0 Å². The number of methoxy groups -OCH3 is 1. The fraction of sp³-hybridized carbons (Fsp3) is 0.267. The van der Waals surface area contributed by atoms with E-state index in [0.29, 0.717) is 10.8 Å². The van der Waals surface area contributed by atoms with E-state index >= 15 is 0 Å². The summed E-state index contributed by atoms with van der Waals surface area (Å²) in [7, 11) is -2.74. The summed E-state index contributed by atoms with van der Waals surface area (Å²) in [5.41, 5.74) is 0. The summed E-state index contributed by atoms with van der Waals surface area (Å²) >= 11 is 0. The highest BCUT2D eigenvalue weighted by Crippen LogP contribution is 2.22. The van der Waals surface area contributed by atoms with Crippen molar-refractivity contribution in [1.29, 1.82) is 0 Å². The monoisotopic (exact) mass is 341 g/mol. The number of hydrogen-bond acceptors (Lipinski definition) is 4. The molecule has 0 unspecified atom stereocenters. The van der Waals surface area contributed by atoms with Crippen LogP contribution < -0.4 is 4.72 Å². The predicted octanol–water partition coefficient (Wildman–Crippen LogP) is 1.75. The molecule has 0 aliphatic rings. The molecule has 0 aliphatic carbocycles. The standard InChI is InChI=1S/C15H16FNO5S/c1-22-9-11(7-15(18)19)17-23(20,21)12-6-10-4-2-3-5-13(10)14(16)8-12/h2-6,8,11,17H,7,9H2,1H3,(H,18,19)/t11-/m1/s1. The first kappa shape index (κ1) is 17.3. The predicted molar refractivity (Wildman–Crippen MR) is 82.1 cm³/mol. The van der Waals surface area contributed by atoms with Gasteiger partial charge in [0.15, 0.2) is 0 Å². The van der Waals surface area contributed by atoms with E-state index in [4.69, 9.17) is 9.84 Å². The van der Waals surface area contributed by atoms with Gasteiger partial charge in [0.1, 0.15) is 5.82 Å². The molecule has 0 spiro atoms. The highest BCUT2D eigenvalue weighted by molar-refractivity contribution is 7.89. The van der Waals surface area contributed by atoms with Gasteiger partial charge in [0.05, 0.1) is 24.0 Å². The van der Waals surface area contributed by atoms with Gasteiger partial charge in [-0.05, 0) is 17.5 Å². The Morgan fingerprint density at radius 2 is 2.04 bits per heavy atom. The van der Waals surface area contributed by atoms with Crippen molar-refractivity contribution < 1.29 is 27.4 Å². The third-order valence-corrected chi connectivity index (χ3v) is 4.71. The summed E-state index contributed by atoms with van der Waals surface area (Å²) in [4.78, 5) is 10.5. The van der Waals surface area contributed by atoms with Gasteiger partial charge in [-0.25, -0.2) is 17.5 Å². The average Bonchev–Trinajstić information content (AvgIpc) is 2.46. The molecule has 0 bridgehead atoms. The van der Waals surface area contributed by atoms with Crippen LogP contribution in [-0.4, -0.2) is 39.3 Å². The normalized spacial score (nSPS) is 13.1. The molecule has 0 amide bonds. The van der Waals surface area contributed by atoms with E-state index in [-0.39, 0.29) is 11.5 Å². The second-order valence-corrected chi connectivity index (χ2v) is 6.71. The number of aliphatic carboxylic acids is 1. The molecule has 1 atom stereocenters. The van der Waals surface area contributed by atoms with E-state index in [1.165, 1.54) is 13.2 Å². The zero-order valence-corrected chi connectivity index (χ0v) is 13.1. The largest absolute Gasteiger partial charge is 0.481 e. The quantitative estimate of drug-likeness (QED) is 0.800. The Balaban J connectivity index is 2.36. The molecule has 23 heavy (non-hydrogen) atoms. The Labute approximate surface area is 132 Å². The number of halogens is 1. The molecule has 2 N–H and O–H groups in total. The Bertz CT molecular complexity index is 822. The number of nitrogens with one attached hydrogen (secondary N) is 1. The van der Waals surface area contributed by atoms with Crippen LogP contribution in [0.1, 0.15) is 6.42 Å². The minimum Gasteiger partial charge on any atom is -0.481 e. The van der Waals surface area contributed by atoms with E-state index in [1.54, 1.807) is 24.3 Å². The van der Waals surface area contributed by atoms with E-state index in [0.717, 1.165) is 6.07 Å². The van der Waals surface area contributed by atoms with E-state index in [9.17, 15) is 17.6 Å². The molecule has 0 saturated carbocycles. The van der Waals surface area contributed by atoms with E-state index < -0.39 is 34.3 Å². The number of fused-ring (bicyclic) bond motifs is 1. The van der Waals surface area contributed by atoms with Crippen LogP contribution in [0.25, 0.3) is 10.8 Å². The highest BCUT2D eigenvalue weighted by Gasteiger charge is 2.23. The van der Waals surface area contributed by atoms with Gasteiger partial charge in [-0.3, -0.25) is 4.79 Å².